The van der Waals surface area contributed by atoms with Gasteiger partial charge >= 0.3 is 5.97 Å². The van der Waals surface area contributed by atoms with Crippen molar-refractivity contribution >= 4 is 11.9 Å². The van der Waals surface area contributed by atoms with Crippen molar-refractivity contribution in [2.75, 3.05) is 13.2 Å². The molecule has 0 radical (unpaired) electrons. The molecule has 418 valence electrons. The normalized spacial score (nSPS) is 12.8. The molecule has 0 aromatic rings. The van der Waals surface area contributed by atoms with Gasteiger partial charge in [-0.15, -0.1) is 0 Å². The number of rotatable bonds is 59. The molecule has 0 aromatic heterocycles. The van der Waals surface area contributed by atoms with Gasteiger partial charge in [-0.25, -0.2) is 0 Å². The summed E-state index contributed by atoms with van der Waals surface area (Å²) < 4.78 is 5.45. The van der Waals surface area contributed by atoms with E-state index in [-0.39, 0.29) is 18.5 Å². The number of aliphatic hydroxyl groups is 2. The number of allylic oxidation sites excluding steroid dienone is 6. The van der Waals surface area contributed by atoms with E-state index in [0.29, 0.717) is 25.9 Å². The van der Waals surface area contributed by atoms with Gasteiger partial charge in [0.2, 0.25) is 5.91 Å². The second-order valence-corrected chi connectivity index (χ2v) is 21.7. The summed E-state index contributed by atoms with van der Waals surface area (Å²) in [4.78, 5) is 24.5. The van der Waals surface area contributed by atoms with E-state index in [9.17, 15) is 19.8 Å². The highest BCUT2D eigenvalue weighted by Gasteiger charge is 2.20. The molecule has 6 heteroatoms. The van der Waals surface area contributed by atoms with E-state index >= 15 is 0 Å². The first-order chi connectivity index (χ1) is 35.0. The number of esters is 1. The maximum Gasteiger partial charge on any atom is 0.305 e. The second kappa shape index (κ2) is 60.6. The van der Waals surface area contributed by atoms with Gasteiger partial charge in [-0.3, -0.25) is 9.59 Å². The predicted molar refractivity (Wildman–Crippen MR) is 310 cm³/mol. The van der Waals surface area contributed by atoms with Crippen molar-refractivity contribution in [3.8, 4) is 0 Å². The zero-order valence-corrected chi connectivity index (χ0v) is 47.7. The van der Waals surface area contributed by atoms with Gasteiger partial charge in [0, 0.05) is 12.8 Å². The first-order valence-electron chi connectivity index (χ1n) is 31.7. The Morgan fingerprint density at radius 3 is 1.13 bits per heavy atom. The average Bonchev–Trinajstić information content (AvgIpc) is 3.37. The number of aliphatic hydroxyl groups excluding tert-OH is 2. The molecular formula is C65H123NO5. The van der Waals surface area contributed by atoms with Gasteiger partial charge in [0.05, 0.1) is 25.4 Å². The van der Waals surface area contributed by atoms with Gasteiger partial charge in [0.15, 0.2) is 0 Å². The van der Waals surface area contributed by atoms with Gasteiger partial charge in [-0.05, 0) is 77.0 Å². The molecule has 0 saturated carbocycles. The Kier molecular flexibility index (Phi) is 59.0. The number of unbranched alkanes of at least 4 members (excludes halogenated alkanes) is 42. The predicted octanol–water partition coefficient (Wildman–Crippen LogP) is 20.0. The van der Waals surface area contributed by atoms with Crippen LogP contribution in [0.3, 0.4) is 0 Å². The zero-order chi connectivity index (χ0) is 51.4. The number of hydrogen-bond acceptors (Lipinski definition) is 5. The molecule has 0 bridgehead atoms. The third-order valence-electron chi connectivity index (χ3n) is 14.7. The fourth-order valence-electron chi connectivity index (χ4n) is 9.77. The maximum atomic E-state index is 12.5. The first kappa shape index (κ1) is 69.1. The van der Waals surface area contributed by atoms with Crippen molar-refractivity contribution in [1.82, 2.24) is 5.32 Å². The molecule has 2 atom stereocenters. The Balaban J connectivity index is 3.44. The van der Waals surface area contributed by atoms with E-state index in [1.165, 1.54) is 257 Å². The van der Waals surface area contributed by atoms with Crippen molar-refractivity contribution < 1.29 is 24.5 Å². The fraction of sp³-hybridized carbons (Fsp3) is 0.877. The Labute approximate surface area is 443 Å². The number of nitrogens with one attached hydrogen (secondary N) is 1. The molecule has 0 aromatic carbocycles. The second-order valence-electron chi connectivity index (χ2n) is 21.7. The van der Waals surface area contributed by atoms with E-state index in [2.05, 4.69) is 55.6 Å². The lowest BCUT2D eigenvalue weighted by molar-refractivity contribution is -0.143. The molecule has 0 aliphatic rings. The standard InChI is InChI=1S/C65H123NO5/c1-3-5-7-9-11-13-15-16-17-18-28-31-34-38-41-45-49-53-57-63(68)62(61-67)66-64(69)58-54-50-46-42-39-35-32-29-26-24-22-20-19-21-23-25-27-30-33-36-40-44-48-52-56-60-71-65(70)59-55-51-47-43-37-14-12-10-8-6-4-2/h10,12,20-23,62-63,67-68H,3-9,11,13-19,24-61H2,1-2H3,(H,66,69)/b12-10-,22-20-,23-21-. The summed E-state index contributed by atoms with van der Waals surface area (Å²) in [6, 6.07) is -0.547. The van der Waals surface area contributed by atoms with Crippen LogP contribution in [0, 0.1) is 0 Å². The monoisotopic (exact) mass is 998 g/mol. The largest absolute Gasteiger partial charge is 0.466 e. The van der Waals surface area contributed by atoms with Crippen molar-refractivity contribution in [2.45, 2.75) is 353 Å². The van der Waals surface area contributed by atoms with E-state index in [1.807, 2.05) is 0 Å². The average molecular weight is 999 g/mol. The number of carbonyl (C=O) groups excluding carboxylic acids is 2. The van der Waals surface area contributed by atoms with Gasteiger partial charge in [-0.2, -0.15) is 0 Å². The molecule has 0 heterocycles. The molecule has 0 aliphatic heterocycles. The highest BCUT2D eigenvalue weighted by molar-refractivity contribution is 5.76. The van der Waals surface area contributed by atoms with Gasteiger partial charge < -0.3 is 20.3 Å². The van der Waals surface area contributed by atoms with E-state index in [4.69, 9.17) is 4.74 Å². The third-order valence-corrected chi connectivity index (χ3v) is 14.7. The van der Waals surface area contributed by atoms with E-state index in [1.54, 1.807) is 0 Å². The quantitative estimate of drug-likeness (QED) is 0.0321. The third kappa shape index (κ3) is 57.2. The summed E-state index contributed by atoms with van der Waals surface area (Å²) in [5.74, 6) is -0.0408. The molecule has 3 N–H and O–H groups in total. The summed E-state index contributed by atoms with van der Waals surface area (Å²) in [6.07, 6.45) is 75.9. The van der Waals surface area contributed by atoms with Crippen molar-refractivity contribution in [3.63, 3.8) is 0 Å². The molecule has 0 aliphatic carbocycles. The molecule has 0 saturated heterocycles. The van der Waals surface area contributed by atoms with Gasteiger partial charge in [0.1, 0.15) is 0 Å². The highest BCUT2D eigenvalue weighted by Crippen LogP contribution is 2.17. The Bertz CT molecular complexity index is 1150. The van der Waals surface area contributed by atoms with Crippen LogP contribution < -0.4 is 5.32 Å². The minimum Gasteiger partial charge on any atom is -0.466 e. The van der Waals surface area contributed by atoms with Crippen LogP contribution in [-0.2, 0) is 14.3 Å². The molecule has 6 nitrogen and oxygen atoms in total. The first-order valence-corrected chi connectivity index (χ1v) is 31.7. The van der Waals surface area contributed by atoms with Crippen LogP contribution in [0.2, 0.25) is 0 Å². The lowest BCUT2D eigenvalue weighted by Gasteiger charge is -2.22. The molecular weight excluding hydrogens is 875 g/mol. The van der Waals surface area contributed by atoms with Crippen LogP contribution in [-0.4, -0.2) is 47.4 Å². The maximum absolute atomic E-state index is 12.5. The number of hydrogen-bond donors (Lipinski definition) is 3. The molecule has 0 rings (SSSR count). The van der Waals surface area contributed by atoms with E-state index in [0.717, 1.165) is 51.4 Å². The van der Waals surface area contributed by atoms with Crippen LogP contribution in [0.25, 0.3) is 0 Å². The van der Waals surface area contributed by atoms with Crippen LogP contribution in [0.4, 0.5) is 0 Å². The van der Waals surface area contributed by atoms with Crippen LogP contribution in [0.5, 0.6) is 0 Å². The summed E-state index contributed by atoms with van der Waals surface area (Å²) in [5.41, 5.74) is 0. The highest BCUT2D eigenvalue weighted by atomic mass is 16.5. The number of ether oxygens (including phenoxy) is 1. The minimum atomic E-state index is -0.669. The minimum absolute atomic E-state index is 0.00205. The summed E-state index contributed by atoms with van der Waals surface area (Å²) >= 11 is 0. The van der Waals surface area contributed by atoms with Crippen LogP contribution in [0.15, 0.2) is 36.5 Å². The van der Waals surface area contributed by atoms with Crippen LogP contribution in [0.1, 0.15) is 341 Å². The Morgan fingerprint density at radius 1 is 0.394 bits per heavy atom. The topological polar surface area (TPSA) is 95.9 Å². The molecule has 1 amide bonds. The zero-order valence-electron chi connectivity index (χ0n) is 47.7. The summed E-state index contributed by atoms with van der Waals surface area (Å²) in [7, 11) is 0. The smallest absolute Gasteiger partial charge is 0.305 e. The SMILES string of the molecule is CCCC/C=C\CCCCCCCC(=O)OCCCCCCCCCCC/C=C\C/C=C\CCCCCCCCCCCC(=O)NC(CO)C(O)CCCCCCCCCCCCCCCCCCCC. The fourth-order valence-corrected chi connectivity index (χ4v) is 9.77. The molecule has 71 heavy (non-hydrogen) atoms. The summed E-state index contributed by atoms with van der Waals surface area (Å²) in [5, 5.41) is 23.3. The van der Waals surface area contributed by atoms with Crippen molar-refractivity contribution in [1.29, 1.82) is 0 Å². The van der Waals surface area contributed by atoms with Crippen molar-refractivity contribution in [3.05, 3.63) is 36.5 Å². The molecule has 0 spiro atoms. The van der Waals surface area contributed by atoms with Gasteiger partial charge in [-0.1, -0.05) is 288 Å². The van der Waals surface area contributed by atoms with Gasteiger partial charge in [0.25, 0.3) is 0 Å². The lowest BCUT2D eigenvalue weighted by atomic mass is 10.0. The Hall–Kier alpha value is -1.92. The number of amides is 1. The van der Waals surface area contributed by atoms with Crippen molar-refractivity contribution in [2.24, 2.45) is 0 Å². The Morgan fingerprint density at radius 2 is 0.718 bits per heavy atom. The van der Waals surface area contributed by atoms with E-state index < -0.39 is 12.1 Å². The molecule has 2 unspecified atom stereocenters. The summed E-state index contributed by atoms with van der Waals surface area (Å²) in [6.45, 7) is 4.93. The number of carbonyl (C=O) groups is 2. The molecule has 0 fully saturated rings. The lowest BCUT2D eigenvalue weighted by Crippen LogP contribution is -2.45. The van der Waals surface area contributed by atoms with Crippen LogP contribution >= 0.6 is 0 Å².